The third-order valence-corrected chi connectivity index (χ3v) is 8.42. The molecule has 2 nitrogen and oxygen atoms in total. The molecule has 4 aliphatic rings. The predicted octanol–water partition coefficient (Wildman–Crippen LogP) is 6.09. The third kappa shape index (κ3) is 4.16. The van der Waals surface area contributed by atoms with Crippen LogP contribution in [0, 0.1) is 35.5 Å². The molecule has 2 heteroatoms. The van der Waals surface area contributed by atoms with Crippen LogP contribution in [0.25, 0.3) is 0 Å². The first-order chi connectivity index (χ1) is 13.3. The number of fused-ring (bicyclic) bond motifs is 5. The van der Waals surface area contributed by atoms with E-state index in [1.54, 1.807) is 0 Å². The van der Waals surface area contributed by atoms with Crippen molar-refractivity contribution in [2.75, 3.05) is 13.7 Å². The van der Waals surface area contributed by atoms with Crippen molar-refractivity contribution in [1.29, 1.82) is 0 Å². The molecular formula is C25H41NO. The monoisotopic (exact) mass is 371 g/mol. The number of nitrogens with one attached hydrogen (secondary N) is 1. The van der Waals surface area contributed by atoms with E-state index in [0.717, 1.165) is 47.3 Å². The minimum Gasteiger partial charge on any atom is -0.497 e. The molecular weight excluding hydrogens is 330 g/mol. The van der Waals surface area contributed by atoms with Gasteiger partial charge in [-0.05, 0) is 99.1 Å². The SMILES string of the molecule is CCCCCCCNC1CCC2C1CCC1C3C=CC(OC)=CC3CCC12. The molecule has 0 saturated heterocycles. The van der Waals surface area contributed by atoms with Gasteiger partial charge in [-0.25, -0.2) is 0 Å². The zero-order valence-electron chi connectivity index (χ0n) is 17.7. The Morgan fingerprint density at radius 3 is 2.48 bits per heavy atom. The Kier molecular flexibility index (Phi) is 6.63. The van der Waals surface area contributed by atoms with Gasteiger partial charge in [0.1, 0.15) is 5.76 Å². The Balaban J connectivity index is 1.30. The molecule has 0 radical (unpaired) electrons. The first-order valence-corrected chi connectivity index (χ1v) is 12.0. The molecule has 27 heavy (non-hydrogen) atoms. The highest BCUT2D eigenvalue weighted by Crippen LogP contribution is 2.56. The van der Waals surface area contributed by atoms with Gasteiger partial charge in [0, 0.05) is 6.04 Å². The Labute approximate surface area is 167 Å². The van der Waals surface area contributed by atoms with Crippen LogP contribution in [0.15, 0.2) is 24.0 Å². The zero-order valence-corrected chi connectivity index (χ0v) is 17.7. The van der Waals surface area contributed by atoms with E-state index in [2.05, 4.69) is 30.5 Å². The van der Waals surface area contributed by atoms with E-state index in [9.17, 15) is 0 Å². The second kappa shape index (κ2) is 9.16. The minimum absolute atomic E-state index is 0.737. The van der Waals surface area contributed by atoms with Crippen molar-refractivity contribution in [3.05, 3.63) is 24.0 Å². The molecule has 1 N–H and O–H groups in total. The highest BCUT2D eigenvalue weighted by molar-refractivity contribution is 5.23. The van der Waals surface area contributed by atoms with E-state index in [-0.39, 0.29) is 0 Å². The maximum absolute atomic E-state index is 5.49. The number of ether oxygens (including phenoxy) is 1. The van der Waals surface area contributed by atoms with Gasteiger partial charge in [-0.3, -0.25) is 0 Å². The van der Waals surface area contributed by atoms with Gasteiger partial charge in [-0.2, -0.15) is 0 Å². The molecule has 0 aromatic rings. The van der Waals surface area contributed by atoms with Crippen LogP contribution in [-0.4, -0.2) is 19.7 Å². The van der Waals surface area contributed by atoms with E-state index >= 15 is 0 Å². The van der Waals surface area contributed by atoms with Crippen molar-refractivity contribution in [1.82, 2.24) is 5.32 Å². The summed E-state index contributed by atoms with van der Waals surface area (Å²) in [6.45, 7) is 3.56. The standard InChI is InChI=1S/C25H41NO/c1-3-4-5-6-7-16-26-25-15-14-23-22-10-8-18-17-19(27-2)9-11-20(18)21(22)12-13-24(23)25/h9,11,17-18,20-26H,3-8,10,12-16H2,1-2H3. The summed E-state index contributed by atoms with van der Waals surface area (Å²) in [5.74, 6) is 6.51. The van der Waals surface area contributed by atoms with Gasteiger partial charge in [-0.1, -0.05) is 38.7 Å². The van der Waals surface area contributed by atoms with Crippen LogP contribution in [-0.2, 0) is 4.74 Å². The molecule has 7 atom stereocenters. The lowest BCUT2D eigenvalue weighted by molar-refractivity contribution is 0.0219. The second-order valence-electron chi connectivity index (χ2n) is 9.74. The summed E-state index contributed by atoms with van der Waals surface area (Å²) in [5, 5.41) is 3.98. The number of allylic oxidation sites excluding steroid dienone is 3. The van der Waals surface area contributed by atoms with Crippen molar-refractivity contribution in [2.24, 2.45) is 35.5 Å². The number of rotatable bonds is 8. The fourth-order valence-corrected chi connectivity index (χ4v) is 7.12. The molecule has 7 unspecified atom stereocenters. The predicted molar refractivity (Wildman–Crippen MR) is 113 cm³/mol. The topological polar surface area (TPSA) is 21.3 Å². The molecule has 0 aromatic heterocycles. The maximum Gasteiger partial charge on any atom is 0.114 e. The van der Waals surface area contributed by atoms with Gasteiger partial charge < -0.3 is 10.1 Å². The average Bonchev–Trinajstić information content (AvgIpc) is 3.13. The molecule has 0 heterocycles. The summed E-state index contributed by atoms with van der Waals surface area (Å²) < 4.78 is 5.49. The van der Waals surface area contributed by atoms with E-state index in [0.29, 0.717) is 0 Å². The van der Waals surface area contributed by atoms with Crippen LogP contribution in [0.2, 0.25) is 0 Å². The summed E-state index contributed by atoms with van der Waals surface area (Å²) in [7, 11) is 1.81. The number of hydrogen-bond acceptors (Lipinski definition) is 2. The molecule has 3 saturated carbocycles. The molecule has 0 amide bonds. The molecule has 0 spiro atoms. The number of unbranched alkanes of at least 4 members (excludes halogenated alkanes) is 4. The van der Waals surface area contributed by atoms with E-state index in [4.69, 9.17) is 4.74 Å². The Morgan fingerprint density at radius 2 is 1.63 bits per heavy atom. The molecule has 0 aliphatic heterocycles. The second-order valence-corrected chi connectivity index (χ2v) is 9.74. The van der Waals surface area contributed by atoms with Crippen molar-refractivity contribution < 1.29 is 4.74 Å². The summed E-state index contributed by atoms with van der Waals surface area (Å²) >= 11 is 0. The minimum atomic E-state index is 0.737. The van der Waals surface area contributed by atoms with Crippen molar-refractivity contribution >= 4 is 0 Å². The lowest BCUT2D eigenvalue weighted by atomic mass is 9.55. The fourth-order valence-electron chi connectivity index (χ4n) is 7.12. The molecule has 0 bridgehead atoms. The average molecular weight is 372 g/mol. The van der Waals surface area contributed by atoms with Gasteiger partial charge in [0.25, 0.3) is 0 Å². The van der Waals surface area contributed by atoms with Crippen LogP contribution in [0.4, 0.5) is 0 Å². The van der Waals surface area contributed by atoms with E-state index in [1.165, 1.54) is 77.2 Å². The van der Waals surface area contributed by atoms with E-state index < -0.39 is 0 Å². The normalized spacial score (nSPS) is 40.1. The highest BCUT2D eigenvalue weighted by atomic mass is 16.5. The first kappa shape index (κ1) is 19.6. The van der Waals surface area contributed by atoms with Crippen molar-refractivity contribution in [3.8, 4) is 0 Å². The van der Waals surface area contributed by atoms with Crippen LogP contribution in [0.5, 0.6) is 0 Å². The number of hydrogen-bond donors (Lipinski definition) is 1. The Bertz CT molecular complexity index is 538. The molecule has 4 aliphatic carbocycles. The van der Waals surface area contributed by atoms with Gasteiger partial charge in [-0.15, -0.1) is 0 Å². The highest BCUT2D eigenvalue weighted by Gasteiger charge is 2.50. The van der Waals surface area contributed by atoms with Gasteiger partial charge in [0.05, 0.1) is 7.11 Å². The van der Waals surface area contributed by atoms with Crippen LogP contribution >= 0.6 is 0 Å². The third-order valence-electron chi connectivity index (χ3n) is 8.42. The van der Waals surface area contributed by atoms with E-state index in [1.807, 2.05) is 7.11 Å². The fraction of sp³-hybridized carbons (Fsp3) is 0.840. The van der Waals surface area contributed by atoms with Crippen LogP contribution in [0.1, 0.15) is 77.6 Å². The lowest BCUT2D eigenvalue weighted by Gasteiger charge is -2.50. The summed E-state index contributed by atoms with van der Waals surface area (Å²) in [5.41, 5.74) is 0. The van der Waals surface area contributed by atoms with Crippen LogP contribution in [0.3, 0.4) is 0 Å². The largest absolute Gasteiger partial charge is 0.497 e. The van der Waals surface area contributed by atoms with Crippen molar-refractivity contribution in [3.63, 3.8) is 0 Å². The quantitative estimate of drug-likeness (QED) is 0.521. The number of methoxy groups -OCH3 is 1. The molecule has 152 valence electrons. The summed E-state index contributed by atoms with van der Waals surface area (Å²) in [6, 6.07) is 0.821. The van der Waals surface area contributed by atoms with Gasteiger partial charge in [0.2, 0.25) is 0 Å². The molecule has 3 fully saturated rings. The lowest BCUT2D eigenvalue weighted by Crippen LogP contribution is -2.45. The Morgan fingerprint density at radius 1 is 0.889 bits per heavy atom. The smallest absolute Gasteiger partial charge is 0.114 e. The molecule has 0 aromatic carbocycles. The summed E-state index contributed by atoms with van der Waals surface area (Å²) in [6.07, 6.45) is 22.8. The van der Waals surface area contributed by atoms with Gasteiger partial charge in [0.15, 0.2) is 0 Å². The van der Waals surface area contributed by atoms with Crippen LogP contribution < -0.4 is 5.32 Å². The zero-order chi connectivity index (χ0) is 18.6. The molecule has 4 rings (SSSR count). The first-order valence-electron chi connectivity index (χ1n) is 12.0. The maximum atomic E-state index is 5.49. The summed E-state index contributed by atoms with van der Waals surface area (Å²) in [4.78, 5) is 0. The van der Waals surface area contributed by atoms with Gasteiger partial charge >= 0.3 is 0 Å². The van der Waals surface area contributed by atoms with Crippen molar-refractivity contribution in [2.45, 2.75) is 83.6 Å². The Hall–Kier alpha value is -0.760.